The molecule has 0 fully saturated rings. The summed E-state index contributed by atoms with van der Waals surface area (Å²) in [5, 5.41) is 15.3. The van der Waals surface area contributed by atoms with E-state index in [1.54, 1.807) is 24.3 Å². The maximum atomic E-state index is 12.1. The van der Waals surface area contributed by atoms with Crippen molar-refractivity contribution in [3.8, 4) is 11.5 Å². The Morgan fingerprint density at radius 2 is 2.07 bits per heavy atom. The van der Waals surface area contributed by atoms with Crippen LogP contribution in [0.3, 0.4) is 0 Å². The van der Waals surface area contributed by atoms with Crippen molar-refractivity contribution < 1.29 is 19.2 Å². The number of para-hydroxylation sites is 1. The van der Waals surface area contributed by atoms with E-state index in [0.29, 0.717) is 34.3 Å². The van der Waals surface area contributed by atoms with E-state index in [9.17, 15) is 14.9 Å². The Morgan fingerprint density at radius 1 is 1.33 bits per heavy atom. The number of hydrogen-bond acceptors (Lipinski definition) is 6. The smallest absolute Gasteiger partial charge is 0.273 e. The standard InChI is InChI=1S/C21H24ClN3O5/c1-4-14(3)30-21-17(22)10-15(11-19(21)29-5-2)13-23-24-20(26)12-16-8-6-7-9-18(16)25(27)28/h6-11,13-14H,4-5,12H2,1-3H3,(H,24,26)/b23-13+/t14-/m0/s1. The van der Waals surface area contributed by atoms with Gasteiger partial charge >= 0.3 is 0 Å². The number of nitrogens with one attached hydrogen (secondary N) is 1. The number of benzene rings is 2. The molecule has 1 N–H and O–H groups in total. The quantitative estimate of drug-likeness (QED) is 0.337. The lowest BCUT2D eigenvalue weighted by atomic mass is 10.1. The lowest BCUT2D eigenvalue weighted by Crippen LogP contribution is -2.20. The van der Waals surface area contributed by atoms with Gasteiger partial charge in [0.2, 0.25) is 5.91 Å². The van der Waals surface area contributed by atoms with Crippen molar-refractivity contribution >= 4 is 29.4 Å². The monoisotopic (exact) mass is 433 g/mol. The van der Waals surface area contributed by atoms with Crippen LogP contribution >= 0.6 is 11.6 Å². The van der Waals surface area contributed by atoms with Crippen LogP contribution in [0.25, 0.3) is 0 Å². The molecule has 8 nitrogen and oxygen atoms in total. The summed E-state index contributed by atoms with van der Waals surface area (Å²) in [6.07, 6.45) is 2.04. The summed E-state index contributed by atoms with van der Waals surface area (Å²) >= 11 is 6.35. The first-order chi connectivity index (χ1) is 14.3. The first kappa shape index (κ1) is 23.2. The van der Waals surface area contributed by atoms with Gasteiger partial charge in [0, 0.05) is 11.6 Å². The zero-order chi connectivity index (χ0) is 22.1. The molecule has 0 unspecified atom stereocenters. The lowest BCUT2D eigenvalue weighted by molar-refractivity contribution is -0.385. The van der Waals surface area contributed by atoms with Gasteiger partial charge in [-0.05, 0) is 38.0 Å². The minimum atomic E-state index is -0.522. The Labute approximate surface area is 180 Å². The molecule has 0 saturated carbocycles. The first-order valence-corrected chi connectivity index (χ1v) is 9.90. The van der Waals surface area contributed by atoms with Crippen LogP contribution < -0.4 is 14.9 Å². The normalized spacial score (nSPS) is 11.9. The lowest BCUT2D eigenvalue weighted by Gasteiger charge is -2.18. The van der Waals surface area contributed by atoms with E-state index >= 15 is 0 Å². The number of carbonyl (C=O) groups excluding carboxylic acids is 1. The SMILES string of the molecule is CCOc1cc(/C=N/NC(=O)Cc2ccccc2[N+](=O)[O-])cc(Cl)c1O[C@@H](C)CC. The van der Waals surface area contributed by atoms with Crippen LogP contribution in [-0.4, -0.2) is 29.8 Å². The van der Waals surface area contributed by atoms with Crippen molar-refractivity contribution in [2.75, 3.05) is 6.61 Å². The predicted molar refractivity (Wildman–Crippen MR) is 116 cm³/mol. The molecule has 1 amide bonds. The van der Waals surface area contributed by atoms with Crippen molar-refractivity contribution in [3.63, 3.8) is 0 Å². The molecule has 0 aliphatic heterocycles. The largest absolute Gasteiger partial charge is 0.490 e. The number of hydrogen-bond donors (Lipinski definition) is 1. The van der Waals surface area contributed by atoms with Crippen LogP contribution in [0.1, 0.15) is 38.3 Å². The van der Waals surface area contributed by atoms with Crippen molar-refractivity contribution in [1.82, 2.24) is 5.43 Å². The number of hydrazone groups is 1. The Kier molecular flexibility index (Phi) is 8.61. The maximum Gasteiger partial charge on any atom is 0.273 e. The molecule has 0 radical (unpaired) electrons. The molecule has 2 aromatic carbocycles. The second-order valence-corrected chi connectivity index (χ2v) is 6.86. The molecular formula is C21H24ClN3O5. The molecule has 1 atom stereocenters. The molecule has 0 spiro atoms. The van der Waals surface area contributed by atoms with E-state index < -0.39 is 10.8 Å². The third-order valence-corrected chi connectivity index (χ3v) is 4.45. The molecule has 9 heteroatoms. The topological polar surface area (TPSA) is 103 Å². The van der Waals surface area contributed by atoms with Crippen molar-refractivity contribution in [1.29, 1.82) is 0 Å². The zero-order valence-corrected chi connectivity index (χ0v) is 17.8. The number of rotatable bonds is 10. The summed E-state index contributed by atoms with van der Waals surface area (Å²) in [5.41, 5.74) is 3.17. The fraction of sp³-hybridized carbons (Fsp3) is 0.333. The van der Waals surface area contributed by atoms with Gasteiger partial charge in [-0.3, -0.25) is 14.9 Å². The summed E-state index contributed by atoms with van der Waals surface area (Å²) in [5.74, 6) is 0.469. The molecule has 0 aromatic heterocycles. The molecule has 2 rings (SSSR count). The highest BCUT2D eigenvalue weighted by molar-refractivity contribution is 6.32. The van der Waals surface area contributed by atoms with Gasteiger partial charge in [-0.1, -0.05) is 36.7 Å². The number of carbonyl (C=O) groups is 1. The average Bonchev–Trinajstić information content (AvgIpc) is 2.70. The molecule has 0 aliphatic carbocycles. The minimum Gasteiger partial charge on any atom is -0.490 e. The Hall–Kier alpha value is -3.13. The highest BCUT2D eigenvalue weighted by Gasteiger charge is 2.16. The number of nitrogens with zero attached hydrogens (tertiary/aromatic N) is 2. The second kappa shape index (κ2) is 11.2. The number of nitro benzene ring substituents is 1. The summed E-state index contributed by atoms with van der Waals surface area (Å²) in [7, 11) is 0. The fourth-order valence-corrected chi connectivity index (χ4v) is 2.82. The minimum absolute atomic E-state index is 0.0254. The van der Waals surface area contributed by atoms with Gasteiger partial charge in [0.15, 0.2) is 11.5 Å². The van der Waals surface area contributed by atoms with Gasteiger partial charge in [0.1, 0.15) is 0 Å². The second-order valence-electron chi connectivity index (χ2n) is 6.46. The summed E-state index contributed by atoms with van der Waals surface area (Å²) in [4.78, 5) is 22.6. The van der Waals surface area contributed by atoms with Gasteiger partial charge < -0.3 is 9.47 Å². The average molecular weight is 434 g/mol. The molecule has 0 saturated heterocycles. The predicted octanol–water partition coefficient (Wildman–Crippen LogP) is 4.52. The Balaban J connectivity index is 2.10. The van der Waals surface area contributed by atoms with Gasteiger partial charge in [0.05, 0.1) is 35.3 Å². The molecule has 2 aromatic rings. The van der Waals surface area contributed by atoms with E-state index in [2.05, 4.69) is 10.5 Å². The van der Waals surface area contributed by atoms with E-state index in [1.807, 2.05) is 20.8 Å². The van der Waals surface area contributed by atoms with E-state index in [-0.39, 0.29) is 18.2 Å². The van der Waals surface area contributed by atoms with Crippen LogP contribution in [-0.2, 0) is 11.2 Å². The summed E-state index contributed by atoms with van der Waals surface area (Å²) in [6, 6.07) is 9.44. The molecule has 0 heterocycles. The summed E-state index contributed by atoms with van der Waals surface area (Å²) in [6.45, 7) is 6.23. The molecule has 30 heavy (non-hydrogen) atoms. The van der Waals surface area contributed by atoms with Crippen molar-refractivity contribution in [2.24, 2.45) is 5.10 Å². The summed E-state index contributed by atoms with van der Waals surface area (Å²) < 4.78 is 11.5. The first-order valence-electron chi connectivity index (χ1n) is 9.52. The molecule has 0 bridgehead atoms. The van der Waals surface area contributed by atoms with Crippen LogP contribution in [0.4, 0.5) is 5.69 Å². The highest BCUT2D eigenvalue weighted by Crippen LogP contribution is 2.37. The number of ether oxygens (including phenoxy) is 2. The molecule has 0 aliphatic rings. The molecule has 160 valence electrons. The van der Waals surface area contributed by atoms with Crippen LogP contribution in [0, 0.1) is 10.1 Å². The van der Waals surface area contributed by atoms with Gasteiger partial charge in [-0.15, -0.1) is 0 Å². The third-order valence-electron chi connectivity index (χ3n) is 4.17. The molecular weight excluding hydrogens is 410 g/mol. The van der Waals surface area contributed by atoms with E-state index in [1.165, 1.54) is 18.3 Å². The van der Waals surface area contributed by atoms with Crippen LogP contribution in [0.15, 0.2) is 41.5 Å². The third kappa shape index (κ3) is 6.45. The van der Waals surface area contributed by atoms with Crippen LogP contribution in [0.2, 0.25) is 5.02 Å². The van der Waals surface area contributed by atoms with Gasteiger partial charge in [-0.25, -0.2) is 5.43 Å². The van der Waals surface area contributed by atoms with E-state index in [0.717, 1.165) is 6.42 Å². The maximum absolute atomic E-state index is 12.1. The highest BCUT2D eigenvalue weighted by atomic mass is 35.5. The van der Waals surface area contributed by atoms with E-state index in [4.69, 9.17) is 21.1 Å². The number of amides is 1. The number of halogens is 1. The number of nitro groups is 1. The van der Waals surface area contributed by atoms with Crippen molar-refractivity contribution in [3.05, 3.63) is 62.7 Å². The van der Waals surface area contributed by atoms with Gasteiger partial charge in [0.25, 0.3) is 5.69 Å². The Bertz CT molecular complexity index is 933. The van der Waals surface area contributed by atoms with Gasteiger partial charge in [-0.2, -0.15) is 5.10 Å². The zero-order valence-electron chi connectivity index (χ0n) is 17.1. The Morgan fingerprint density at radius 3 is 2.73 bits per heavy atom. The fourth-order valence-electron chi connectivity index (χ4n) is 2.55. The van der Waals surface area contributed by atoms with Crippen molar-refractivity contribution in [2.45, 2.75) is 39.7 Å². The van der Waals surface area contributed by atoms with Crippen LogP contribution in [0.5, 0.6) is 11.5 Å².